The van der Waals surface area contributed by atoms with Crippen molar-refractivity contribution < 1.29 is 14.0 Å². The van der Waals surface area contributed by atoms with Crippen molar-refractivity contribution in [3.05, 3.63) is 52.5 Å². The summed E-state index contributed by atoms with van der Waals surface area (Å²) in [6, 6.07) is 10.9. The van der Waals surface area contributed by atoms with Crippen LogP contribution in [0.3, 0.4) is 0 Å². The molecule has 25 heavy (non-hydrogen) atoms. The lowest BCUT2D eigenvalue weighted by Gasteiger charge is -2.35. The van der Waals surface area contributed by atoms with Crippen LogP contribution in [0, 0.1) is 5.82 Å². The van der Waals surface area contributed by atoms with E-state index in [0.717, 1.165) is 32.0 Å². The first-order valence-corrected chi connectivity index (χ1v) is 9.71. The van der Waals surface area contributed by atoms with Crippen molar-refractivity contribution in [2.24, 2.45) is 0 Å². The van der Waals surface area contributed by atoms with Gasteiger partial charge in [0, 0.05) is 5.69 Å². The Bertz CT molecular complexity index is 672. The third-order valence-electron chi connectivity index (χ3n) is 4.39. The summed E-state index contributed by atoms with van der Waals surface area (Å²) in [7, 11) is 0. The van der Waals surface area contributed by atoms with Gasteiger partial charge in [-0.2, -0.15) is 0 Å². The summed E-state index contributed by atoms with van der Waals surface area (Å²) in [5, 5.41) is 9.19. The number of ether oxygens (including phenoxy) is 1. The first-order chi connectivity index (χ1) is 12.1. The molecule has 7 heteroatoms. The summed E-state index contributed by atoms with van der Waals surface area (Å²) in [5.41, 5.74) is 0.775. The highest BCUT2D eigenvalue weighted by atomic mass is 32.1. The van der Waals surface area contributed by atoms with Gasteiger partial charge in [-0.15, -0.1) is 11.3 Å². The lowest BCUT2D eigenvalue weighted by Crippen LogP contribution is -3.15. The van der Waals surface area contributed by atoms with Crippen molar-refractivity contribution in [3.63, 3.8) is 0 Å². The first kappa shape index (κ1) is 18.3. The Morgan fingerprint density at radius 3 is 2.60 bits per heavy atom. The lowest BCUT2D eigenvalue weighted by atomic mass is 10.1. The third kappa shape index (κ3) is 4.98. The zero-order chi connectivity index (χ0) is 17.6. The smallest absolute Gasteiger partial charge is 0.171 e. The molecule has 1 fully saturated rings. The fourth-order valence-electron chi connectivity index (χ4n) is 3.20. The number of thiophene rings is 1. The van der Waals surface area contributed by atoms with Crippen LogP contribution in [0.4, 0.5) is 10.1 Å². The molecule has 0 bridgehead atoms. The van der Waals surface area contributed by atoms with E-state index in [9.17, 15) is 4.39 Å². The van der Waals surface area contributed by atoms with Gasteiger partial charge in [0.05, 0.1) is 24.1 Å². The number of hydrogen-bond acceptors (Lipinski definition) is 3. The second-order valence-corrected chi connectivity index (χ2v) is 7.55. The molecule has 2 heterocycles. The highest BCUT2D eigenvalue weighted by molar-refractivity contribution is 7.80. The van der Waals surface area contributed by atoms with Gasteiger partial charge in [-0.05, 0) is 54.9 Å². The molecule has 0 radical (unpaired) electrons. The predicted molar refractivity (Wildman–Crippen MR) is 104 cm³/mol. The Morgan fingerprint density at radius 1 is 1.24 bits per heavy atom. The number of quaternary nitrogens is 1. The summed E-state index contributed by atoms with van der Waals surface area (Å²) < 4.78 is 18.5. The maximum Gasteiger partial charge on any atom is 0.171 e. The maximum atomic E-state index is 13.0. The minimum absolute atomic E-state index is 0.159. The van der Waals surface area contributed by atoms with Crippen molar-refractivity contribution in [2.75, 3.05) is 31.6 Å². The largest absolute Gasteiger partial charge is 0.370 e. The summed E-state index contributed by atoms with van der Waals surface area (Å²) >= 11 is 7.23. The van der Waals surface area contributed by atoms with Crippen LogP contribution in [-0.4, -0.2) is 37.5 Å². The van der Waals surface area contributed by atoms with Crippen LogP contribution in [0.1, 0.15) is 17.8 Å². The highest BCUT2D eigenvalue weighted by Gasteiger charge is 2.32. The van der Waals surface area contributed by atoms with Gasteiger partial charge in [-0.1, -0.05) is 6.07 Å². The van der Waals surface area contributed by atoms with Crippen molar-refractivity contribution in [2.45, 2.75) is 19.0 Å². The fourth-order valence-corrected chi connectivity index (χ4v) is 4.50. The van der Waals surface area contributed by atoms with E-state index in [0.29, 0.717) is 11.2 Å². The third-order valence-corrected chi connectivity index (χ3v) is 5.56. The molecule has 0 aliphatic carbocycles. The molecule has 2 atom stereocenters. The van der Waals surface area contributed by atoms with Crippen molar-refractivity contribution >= 4 is 34.4 Å². The van der Waals surface area contributed by atoms with Gasteiger partial charge in [0.25, 0.3) is 0 Å². The predicted octanol–water partition coefficient (Wildman–Crippen LogP) is 2.22. The molecule has 1 aromatic heterocycles. The molecule has 1 aromatic carbocycles. The number of morpholine rings is 1. The van der Waals surface area contributed by atoms with Crippen molar-refractivity contribution in [1.82, 2.24) is 5.32 Å². The lowest BCUT2D eigenvalue weighted by molar-refractivity contribution is -0.939. The molecule has 0 spiro atoms. The summed E-state index contributed by atoms with van der Waals surface area (Å²) in [6.45, 7) is 5.73. The first-order valence-electron chi connectivity index (χ1n) is 8.42. The molecule has 0 amide bonds. The Labute approximate surface area is 157 Å². The van der Waals surface area contributed by atoms with Crippen LogP contribution in [-0.2, 0) is 4.74 Å². The molecule has 4 nitrogen and oxygen atoms in total. The second kappa shape index (κ2) is 8.71. The van der Waals surface area contributed by atoms with Crippen LogP contribution >= 0.6 is 23.6 Å². The van der Waals surface area contributed by atoms with Gasteiger partial charge in [0.2, 0.25) is 0 Å². The molecule has 1 aliphatic heterocycles. The maximum absolute atomic E-state index is 13.0. The van der Waals surface area contributed by atoms with E-state index in [1.54, 1.807) is 23.5 Å². The van der Waals surface area contributed by atoms with Crippen LogP contribution in [0.15, 0.2) is 41.8 Å². The highest BCUT2D eigenvalue weighted by Crippen LogP contribution is 2.20. The molecular weight excluding hydrogens is 357 g/mol. The Balaban J connectivity index is 1.66. The topological polar surface area (TPSA) is 37.7 Å². The van der Waals surface area contributed by atoms with E-state index < -0.39 is 0 Å². The van der Waals surface area contributed by atoms with Crippen molar-refractivity contribution in [3.8, 4) is 0 Å². The zero-order valence-corrected chi connectivity index (χ0v) is 15.8. The van der Waals surface area contributed by atoms with Gasteiger partial charge < -0.3 is 20.3 Å². The van der Waals surface area contributed by atoms with Gasteiger partial charge in [0.1, 0.15) is 24.9 Å². The number of hydrogen-bond donors (Lipinski definition) is 3. The van der Waals surface area contributed by atoms with E-state index in [2.05, 4.69) is 35.1 Å². The van der Waals surface area contributed by atoms with E-state index in [4.69, 9.17) is 17.0 Å². The summed E-state index contributed by atoms with van der Waals surface area (Å²) in [6.07, 6.45) is 0. The number of halogens is 1. The van der Waals surface area contributed by atoms with Crippen LogP contribution in [0.5, 0.6) is 0 Å². The number of thiocarbonyl (C=S) groups is 1. The normalized spacial score (nSPS) is 17.7. The molecule has 3 rings (SSSR count). The Kier molecular flexibility index (Phi) is 6.36. The Hall–Kier alpha value is -1.54. The molecule has 134 valence electrons. The average Bonchev–Trinajstić information content (AvgIpc) is 3.12. The van der Waals surface area contributed by atoms with E-state index in [1.807, 2.05) is 0 Å². The molecule has 0 unspecified atom stereocenters. The van der Waals surface area contributed by atoms with Gasteiger partial charge in [-0.3, -0.25) is 0 Å². The Morgan fingerprint density at radius 2 is 1.96 bits per heavy atom. The minimum Gasteiger partial charge on any atom is -0.370 e. The molecule has 1 saturated heterocycles. The molecular formula is C18H23FN3OS2+. The molecule has 1 aliphatic rings. The summed E-state index contributed by atoms with van der Waals surface area (Å²) in [5.74, 6) is -0.258. The second-order valence-electron chi connectivity index (χ2n) is 6.16. The van der Waals surface area contributed by atoms with E-state index in [-0.39, 0.29) is 11.9 Å². The van der Waals surface area contributed by atoms with Gasteiger partial charge in [0.15, 0.2) is 5.11 Å². The monoisotopic (exact) mass is 380 g/mol. The van der Waals surface area contributed by atoms with E-state index >= 15 is 0 Å². The van der Waals surface area contributed by atoms with Crippen LogP contribution in [0.2, 0.25) is 0 Å². The van der Waals surface area contributed by atoms with E-state index in [1.165, 1.54) is 21.9 Å². The number of anilines is 1. The van der Waals surface area contributed by atoms with Crippen molar-refractivity contribution in [1.29, 1.82) is 0 Å². The molecule has 2 aromatic rings. The number of nitrogens with one attached hydrogen (secondary N) is 3. The zero-order valence-electron chi connectivity index (χ0n) is 14.1. The minimum atomic E-state index is -0.258. The van der Waals surface area contributed by atoms with Crippen LogP contribution < -0.4 is 15.5 Å². The molecule has 0 saturated carbocycles. The van der Waals surface area contributed by atoms with Gasteiger partial charge >= 0.3 is 0 Å². The number of benzene rings is 1. The fraction of sp³-hybridized carbons (Fsp3) is 0.389. The number of rotatable bonds is 5. The van der Waals surface area contributed by atoms with Crippen LogP contribution in [0.25, 0.3) is 0 Å². The quantitative estimate of drug-likeness (QED) is 0.696. The summed E-state index contributed by atoms with van der Waals surface area (Å²) in [4.78, 5) is 2.86. The SMILES string of the molecule is C[C@@H](NC(=S)Nc1ccc(F)cc1)[C@H](c1cccs1)[NH+]1CCOCC1. The molecule has 3 N–H and O–H groups in total. The standard InChI is InChI=1S/C18H22FN3OS2/c1-13(20-18(24)21-15-6-4-14(19)5-7-15)17(16-3-2-12-25-16)22-8-10-23-11-9-22/h2-7,12-13,17H,8-11H2,1H3,(H2,20,21,24)/p+1/t13-,17-/m1/s1. The average molecular weight is 381 g/mol. The van der Waals surface area contributed by atoms with Gasteiger partial charge in [-0.25, -0.2) is 4.39 Å².